The maximum Gasteiger partial charge on any atom is 0.223 e. The van der Waals surface area contributed by atoms with E-state index >= 15 is 0 Å². The number of amides is 1. The molecule has 0 aromatic heterocycles. The first-order valence-electron chi connectivity index (χ1n) is 7.09. The Morgan fingerprint density at radius 2 is 1.94 bits per heavy atom. The second-order valence-electron chi connectivity index (χ2n) is 5.36. The summed E-state index contributed by atoms with van der Waals surface area (Å²) >= 11 is 0. The van der Waals surface area contributed by atoms with Crippen LogP contribution in [0.15, 0.2) is 30.3 Å². The maximum atomic E-state index is 12.0. The molecule has 0 bridgehead atoms. The zero-order chi connectivity index (χ0) is 12.8. The van der Waals surface area contributed by atoms with E-state index in [0.717, 1.165) is 13.0 Å². The molecule has 1 unspecified atom stereocenters. The third-order valence-corrected chi connectivity index (χ3v) is 4.08. The highest BCUT2D eigenvalue weighted by molar-refractivity contribution is 5.78. The Bertz CT molecular complexity index is 368. The number of benzene rings is 1. The Labute approximate surface area is 110 Å². The lowest BCUT2D eigenvalue weighted by Gasteiger charge is -2.18. The van der Waals surface area contributed by atoms with E-state index in [9.17, 15) is 4.79 Å². The third-order valence-electron chi connectivity index (χ3n) is 4.08. The highest BCUT2D eigenvalue weighted by Crippen LogP contribution is 2.31. The van der Waals surface area contributed by atoms with Gasteiger partial charge in [-0.2, -0.15) is 0 Å². The molecule has 2 rings (SSSR count). The van der Waals surface area contributed by atoms with Gasteiger partial charge in [0.1, 0.15) is 0 Å². The molecule has 2 nitrogen and oxygen atoms in total. The van der Waals surface area contributed by atoms with Crippen LogP contribution in [0.5, 0.6) is 0 Å². The molecular weight excluding hydrogens is 222 g/mol. The van der Waals surface area contributed by atoms with Gasteiger partial charge in [0.15, 0.2) is 0 Å². The van der Waals surface area contributed by atoms with E-state index < -0.39 is 0 Å². The van der Waals surface area contributed by atoms with E-state index in [1.54, 1.807) is 0 Å². The topological polar surface area (TPSA) is 29.1 Å². The van der Waals surface area contributed by atoms with Crippen molar-refractivity contribution < 1.29 is 4.79 Å². The Morgan fingerprint density at radius 3 is 2.61 bits per heavy atom. The van der Waals surface area contributed by atoms with Gasteiger partial charge in [-0.05, 0) is 30.7 Å². The van der Waals surface area contributed by atoms with Crippen LogP contribution in [0.1, 0.15) is 38.2 Å². The quantitative estimate of drug-likeness (QED) is 0.848. The molecule has 1 aromatic rings. The van der Waals surface area contributed by atoms with Gasteiger partial charge in [-0.15, -0.1) is 0 Å². The molecule has 0 radical (unpaired) electrons. The van der Waals surface area contributed by atoms with Crippen LogP contribution in [0.3, 0.4) is 0 Å². The number of hydrogen-bond acceptors (Lipinski definition) is 1. The van der Waals surface area contributed by atoms with Crippen molar-refractivity contribution in [3.05, 3.63) is 35.9 Å². The van der Waals surface area contributed by atoms with Crippen LogP contribution in [-0.4, -0.2) is 12.5 Å². The highest BCUT2D eigenvalue weighted by Gasteiger charge is 2.26. The van der Waals surface area contributed by atoms with Gasteiger partial charge in [-0.3, -0.25) is 4.79 Å². The van der Waals surface area contributed by atoms with Gasteiger partial charge in [0, 0.05) is 12.5 Å². The van der Waals surface area contributed by atoms with E-state index in [2.05, 4.69) is 24.4 Å². The smallest absolute Gasteiger partial charge is 0.223 e. The van der Waals surface area contributed by atoms with Crippen LogP contribution >= 0.6 is 0 Å². The Morgan fingerprint density at radius 1 is 1.28 bits per heavy atom. The minimum atomic E-state index is 0.184. The van der Waals surface area contributed by atoms with Crippen molar-refractivity contribution in [2.45, 2.75) is 39.0 Å². The summed E-state index contributed by atoms with van der Waals surface area (Å²) in [7, 11) is 0. The van der Waals surface area contributed by atoms with Crippen LogP contribution in [0.2, 0.25) is 0 Å². The fraction of sp³-hybridized carbons (Fsp3) is 0.562. The van der Waals surface area contributed by atoms with Crippen molar-refractivity contribution in [3.63, 3.8) is 0 Å². The minimum Gasteiger partial charge on any atom is -0.356 e. The summed E-state index contributed by atoms with van der Waals surface area (Å²) in [4.78, 5) is 12.0. The highest BCUT2D eigenvalue weighted by atomic mass is 16.1. The molecule has 98 valence electrons. The van der Waals surface area contributed by atoms with Crippen molar-refractivity contribution in [2.75, 3.05) is 6.54 Å². The summed E-state index contributed by atoms with van der Waals surface area (Å²) in [5, 5.41) is 3.07. The fourth-order valence-electron chi connectivity index (χ4n) is 2.81. The Balaban J connectivity index is 1.71. The SMILES string of the molecule is CC(C(=O)NCCc1ccccc1)C1CCCC1. The number of carbonyl (C=O) groups is 1. The molecule has 2 heteroatoms. The van der Waals surface area contributed by atoms with Crippen LogP contribution in [0.25, 0.3) is 0 Å². The van der Waals surface area contributed by atoms with E-state index in [1.165, 1.54) is 31.2 Å². The molecule has 1 N–H and O–H groups in total. The zero-order valence-corrected chi connectivity index (χ0v) is 11.2. The molecule has 1 aliphatic rings. The molecule has 0 saturated heterocycles. The number of hydrogen-bond donors (Lipinski definition) is 1. The van der Waals surface area contributed by atoms with Gasteiger partial charge in [0.25, 0.3) is 0 Å². The predicted molar refractivity (Wildman–Crippen MR) is 74.3 cm³/mol. The summed E-state index contributed by atoms with van der Waals surface area (Å²) in [6.07, 6.45) is 5.98. The van der Waals surface area contributed by atoms with Gasteiger partial charge in [0.05, 0.1) is 0 Å². The molecule has 1 amide bonds. The van der Waals surface area contributed by atoms with Crippen LogP contribution in [-0.2, 0) is 11.2 Å². The van der Waals surface area contributed by atoms with Gasteiger partial charge >= 0.3 is 0 Å². The van der Waals surface area contributed by atoms with Gasteiger partial charge in [0.2, 0.25) is 5.91 Å². The second kappa shape index (κ2) is 6.58. The van der Waals surface area contributed by atoms with Crippen molar-refractivity contribution in [1.29, 1.82) is 0 Å². The Kier molecular flexibility index (Phi) is 4.80. The van der Waals surface area contributed by atoms with Gasteiger partial charge in [-0.25, -0.2) is 0 Å². The lowest BCUT2D eigenvalue weighted by Crippen LogP contribution is -2.33. The average molecular weight is 245 g/mol. The van der Waals surface area contributed by atoms with Crippen molar-refractivity contribution in [3.8, 4) is 0 Å². The van der Waals surface area contributed by atoms with Crippen LogP contribution in [0, 0.1) is 11.8 Å². The number of carbonyl (C=O) groups excluding carboxylic acids is 1. The summed E-state index contributed by atoms with van der Waals surface area (Å²) in [6.45, 7) is 2.83. The maximum absolute atomic E-state index is 12.0. The van der Waals surface area contributed by atoms with E-state index in [-0.39, 0.29) is 11.8 Å². The van der Waals surface area contributed by atoms with Crippen LogP contribution in [0.4, 0.5) is 0 Å². The molecule has 1 aliphatic carbocycles. The third kappa shape index (κ3) is 3.59. The summed E-state index contributed by atoms with van der Waals surface area (Å²) in [6, 6.07) is 10.3. The summed E-state index contributed by atoms with van der Waals surface area (Å²) in [5.41, 5.74) is 1.28. The standard InChI is InChI=1S/C16H23NO/c1-13(15-9-5-6-10-15)16(18)17-12-11-14-7-3-2-4-8-14/h2-4,7-8,13,15H,5-6,9-12H2,1H3,(H,17,18). The first-order valence-corrected chi connectivity index (χ1v) is 7.09. The molecule has 1 fully saturated rings. The first-order chi connectivity index (χ1) is 8.77. The van der Waals surface area contributed by atoms with Crippen molar-refractivity contribution in [1.82, 2.24) is 5.32 Å². The fourth-order valence-corrected chi connectivity index (χ4v) is 2.81. The molecule has 1 aromatic carbocycles. The van der Waals surface area contributed by atoms with E-state index in [1.807, 2.05) is 18.2 Å². The molecule has 0 aliphatic heterocycles. The predicted octanol–water partition coefficient (Wildman–Crippen LogP) is 3.17. The monoisotopic (exact) mass is 245 g/mol. The minimum absolute atomic E-state index is 0.184. The average Bonchev–Trinajstić information content (AvgIpc) is 2.93. The van der Waals surface area contributed by atoms with Crippen molar-refractivity contribution in [2.24, 2.45) is 11.8 Å². The van der Waals surface area contributed by atoms with Crippen LogP contribution < -0.4 is 5.32 Å². The molecule has 18 heavy (non-hydrogen) atoms. The molecular formula is C16H23NO. The van der Waals surface area contributed by atoms with E-state index in [4.69, 9.17) is 0 Å². The second-order valence-corrected chi connectivity index (χ2v) is 5.36. The first kappa shape index (κ1) is 13.1. The zero-order valence-electron chi connectivity index (χ0n) is 11.2. The lowest BCUT2D eigenvalue weighted by atomic mass is 9.92. The summed E-state index contributed by atoms with van der Waals surface area (Å²) < 4.78 is 0. The van der Waals surface area contributed by atoms with Crippen molar-refractivity contribution >= 4 is 5.91 Å². The van der Waals surface area contributed by atoms with Gasteiger partial charge in [-0.1, -0.05) is 50.1 Å². The Hall–Kier alpha value is -1.31. The largest absolute Gasteiger partial charge is 0.356 e. The molecule has 1 atom stereocenters. The normalized spacial score (nSPS) is 17.6. The molecule has 1 saturated carbocycles. The van der Waals surface area contributed by atoms with E-state index in [0.29, 0.717) is 5.92 Å². The molecule has 0 spiro atoms. The number of nitrogens with one attached hydrogen (secondary N) is 1. The molecule has 0 heterocycles. The number of rotatable bonds is 5. The summed E-state index contributed by atoms with van der Waals surface area (Å²) in [5.74, 6) is 1.03. The van der Waals surface area contributed by atoms with Gasteiger partial charge < -0.3 is 5.32 Å². The lowest BCUT2D eigenvalue weighted by molar-refractivity contribution is -0.125.